The Kier molecular flexibility index (Phi) is 4.07. The van der Waals surface area contributed by atoms with Gasteiger partial charge in [0, 0.05) is 5.69 Å². The molecule has 1 aliphatic rings. The SMILES string of the molecule is Cl.Cl.O=C1Cc2ccccc2N1. The van der Waals surface area contributed by atoms with Gasteiger partial charge in [0.05, 0.1) is 6.42 Å². The van der Waals surface area contributed by atoms with E-state index in [9.17, 15) is 4.79 Å². The number of amides is 1. The molecule has 1 N–H and O–H groups in total. The third-order valence-corrected chi connectivity index (χ3v) is 1.64. The maximum Gasteiger partial charge on any atom is 0.228 e. The maximum absolute atomic E-state index is 10.8. The standard InChI is InChI=1S/C8H7NO.2ClH/c10-8-5-6-3-1-2-4-7(6)9-8;;/h1-4H,5H2,(H,9,10);2*1H. The second kappa shape index (κ2) is 4.33. The van der Waals surface area contributed by atoms with Gasteiger partial charge in [-0.3, -0.25) is 4.79 Å². The van der Waals surface area contributed by atoms with Gasteiger partial charge in [-0.1, -0.05) is 18.2 Å². The number of hydrogen-bond acceptors (Lipinski definition) is 1. The van der Waals surface area contributed by atoms with E-state index in [1.165, 1.54) is 0 Å². The molecule has 0 saturated carbocycles. The van der Waals surface area contributed by atoms with Crippen LogP contribution in [-0.2, 0) is 11.2 Å². The van der Waals surface area contributed by atoms with Crippen LogP contribution < -0.4 is 5.32 Å². The lowest BCUT2D eigenvalue weighted by atomic mass is 10.2. The molecule has 0 saturated heterocycles. The topological polar surface area (TPSA) is 29.1 Å². The predicted molar refractivity (Wildman–Crippen MR) is 53.3 cm³/mol. The van der Waals surface area contributed by atoms with E-state index in [2.05, 4.69) is 5.32 Å². The molecule has 0 atom stereocenters. The molecule has 1 aromatic carbocycles. The lowest BCUT2D eigenvalue weighted by Gasteiger charge is -1.93. The third kappa shape index (κ3) is 1.90. The molecule has 0 unspecified atom stereocenters. The number of carbonyl (C=O) groups excluding carboxylic acids is 1. The zero-order valence-electron chi connectivity index (χ0n) is 6.24. The van der Waals surface area contributed by atoms with Crippen molar-refractivity contribution >= 4 is 36.4 Å². The maximum atomic E-state index is 10.8. The summed E-state index contributed by atoms with van der Waals surface area (Å²) in [6.45, 7) is 0. The Morgan fingerprint density at radius 1 is 1.17 bits per heavy atom. The highest BCUT2D eigenvalue weighted by Gasteiger charge is 2.15. The van der Waals surface area contributed by atoms with E-state index in [1.807, 2.05) is 24.3 Å². The van der Waals surface area contributed by atoms with Crippen LogP contribution in [0, 0.1) is 0 Å². The lowest BCUT2D eigenvalue weighted by molar-refractivity contribution is -0.115. The van der Waals surface area contributed by atoms with Crippen LogP contribution in [0.2, 0.25) is 0 Å². The smallest absolute Gasteiger partial charge is 0.228 e. The summed E-state index contributed by atoms with van der Waals surface area (Å²) in [4.78, 5) is 10.8. The first-order valence-corrected chi connectivity index (χ1v) is 3.24. The summed E-state index contributed by atoms with van der Waals surface area (Å²) in [5, 5.41) is 2.76. The van der Waals surface area contributed by atoms with E-state index in [4.69, 9.17) is 0 Å². The van der Waals surface area contributed by atoms with E-state index in [0.29, 0.717) is 6.42 Å². The quantitative estimate of drug-likeness (QED) is 0.691. The third-order valence-electron chi connectivity index (χ3n) is 1.64. The first kappa shape index (κ1) is 11.3. The lowest BCUT2D eigenvalue weighted by Crippen LogP contribution is -2.03. The van der Waals surface area contributed by atoms with Crippen molar-refractivity contribution < 1.29 is 4.79 Å². The molecule has 0 bridgehead atoms. The van der Waals surface area contributed by atoms with Crippen molar-refractivity contribution in [2.45, 2.75) is 6.42 Å². The fourth-order valence-corrected chi connectivity index (χ4v) is 1.16. The highest BCUT2D eigenvalue weighted by Crippen LogP contribution is 2.20. The summed E-state index contributed by atoms with van der Waals surface area (Å²) >= 11 is 0. The summed E-state index contributed by atoms with van der Waals surface area (Å²) in [5.41, 5.74) is 2.07. The minimum absolute atomic E-state index is 0. The van der Waals surface area contributed by atoms with Crippen LogP contribution in [0.25, 0.3) is 0 Å². The van der Waals surface area contributed by atoms with Crippen molar-refractivity contribution in [1.29, 1.82) is 0 Å². The number of nitrogens with one attached hydrogen (secondary N) is 1. The van der Waals surface area contributed by atoms with Gasteiger partial charge in [0.25, 0.3) is 0 Å². The van der Waals surface area contributed by atoms with Crippen molar-refractivity contribution in [3.8, 4) is 0 Å². The molecule has 0 spiro atoms. The molecule has 12 heavy (non-hydrogen) atoms. The minimum Gasteiger partial charge on any atom is -0.326 e. The normalized spacial score (nSPS) is 12.2. The number of rotatable bonds is 0. The van der Waals surface area contributed by atoms with E-state index in [0.717, 1.165) is 11.3 Å². The van der Waals surface area contributed by atoms with Crippen molar-refractivity contribution in [2.24, 2.45) is 0 Å². The minimum atomic E-state index is 0. The zero-order valence-corrected chi connectivity index (χ0v) is 7.87. The molecule has 2 rings (SSSR count). The molecule has 1 aromatic rings. The van der Waals surface area contributed by atoms with Crippen molar-refractivity contribution in [3.63, 3.8) is 0 Å². The van der Waals surface area contributed by atoms with E-state index < -0.39 is 0 Å². The average Bonchev–Trinajstić information content (AvgIpc) is 2.27. The second-order valence-corrected chi connectivity index (χ2v) is 2.38. The molecule has 0 aromatic heterocycles. The first-order chi connectivity index (χ1) is 4.86. The number of benzene rings is 1. The number of carbonyl (C=O) groups is 1. The number of fused-ring (bicyclic) bond motifs is 1. The largest absolute Gasteiger partial charge is 0.326 e. The van der Waals surface area contributed by atoms with Gasteiger partial charge < -0.3 is 5.32 Å². The van der Waals surface area contributed by atoms with Gasteiger partial charge >= 0.3 is 0 Å². The summed E-state index contributed by atoms with van der Waals surface area (Å²) < 4.78 is 0. The summed E-state index contributed by atoms with van der Waals surface area (Å²) in [5.74, 6) is 0.0983. The Labute approximate surface area is 83.2 Å². The Balaban J connectivity index is 0.000000605. The Morgan fingerprint density at radius 3 is 2.50 bits per heavy atom. The van der Waals surface area contributed by atoms with E-state index in [1.54, 1.807) is 0 Å². The van der Waals surface area contributed by atoms with Crippen LogP contribution in [0.1, 0.15) is 5.56 Å². The molecule has 1 aliphatic heterocycles. The summed E-state index contributed by atoms with van der Waals surface area (Å²) in [6, 6.07) is 7.75. The summed E-state index contributed by atoms with van der Waals surface area (Å²) in [7, 11) is 0. The van der Waals surface area contributed by atoms with Gasteiger partial charge in [-0.15, -0.1) is 24.8 Å². The van der Waals surface area contributed by atoms with Crippen LogP contribution in [0.3, 0.4) is 0 Å². The van der Waals surface area contributed by atoms with Crippen molar-refractivity contribution in [1.82, 2.24) is 0 Å². The average molecular weight is 206 g/mol. The number of anilines is 1. The van der Waals surface area contributed by atoms with Gasteiger partial charge in [0.1, 0.15) is 0 Å². The predicted octanol–water partition coefficient (Wildman–Crippen LogP) is 2.02. The molecular weight excluding hydrogens is 197 g/mol. The molecule has 0 aliphatic carbocycles. The number of hydrogen-bond donors (Lipinski definition) is 1. The Hall–Kier alpha value is -0.730. The number of para-hydroxylation sites is 1. The molecule has 0 radical (unpaired) electrons. The van der Waals surface area contributed by atoms with Crippen LogP contribution in [-0.4, -0.2) is 5.91 Å². The van der Waals surface area contributed by atoms with Crippen LogP contribution >= 0.6 is 24.8 Å². The van der Waals surface area contributed by atoms with E-state index >= 15 is 0 Å². The highest BCUT2D eigenvalue weighted by atomic mass is 35.5. The zero-order chi connectivity index (χ0) is 6.97. The second-order valence-electron chi connectivity index (χ2n) is 2.38. The van der Waals surface area contributed by atoms with Gasteiger partial charge in [0.15, 0.2) is 0 Å². The van der Waals surface area contributed by atoms with Crippen molar-refractivity contribution in [2.75, 3.05) is 5.32 Å². The van der Waals surface area contributed by atoms with Crippen molar-refractivity contribution in [3.05, 3.63) is 29.8 Å². The fourth-order valence-electron chi connectivity index (χ4n) is 1.16. The number of halogens is 2. The van der Waals surface area contributed by atoms with Crippen LogP contribution in [0.5, 0.6) is 0 Å². The molecule has 1 amide bonds. The van der Waals surface area contributed by atoms with Gasteiger partial charge in [-0.05, 0) is 11.6 Å². The molecule has 66 valence electrons. The Bertz CT molecular complexity index is 261. The van der Waals surface area contributed by atoms with Crippen LogP contribution in [0.4, 0.5) is 5.69 Å². The molecule has 1 heterocycles. The highest BCUT2D eigenvalue weighted by molar-refractivity contribution is 5.98. The van der Waals surface area contributed by atoms with Crippen LogP contribution in [0.15, 0.2) is 24.3 Å². The summed E-state index contributed by atoms with van der Waals surface area (Å²) in [6.07, 6.45) is 0.538. The molecule has 2 nitrogen and oxygen atoms in total. The molecule has 4 heteroatoms. The Morgan fingerprint density at radius 2 is 1.83 bits per heavy atom. The first-order valence-electron chi connectivity index (χ1n) is 3.24. The van der Waals surface area contributed by atoms with Gasteiger partial charge in [-0.25, -0.2) is 0 Å². The van der Waals surface area contributed by atoms with E-state index in [-0.39, 0.29) is 30.7 Å². The molecular formula is C8H9Cl2NO. The monoisotopic (exact) mass is 205 g/mol. The fraction of sp³-hybridized carbons (Fsp3) is 0.125. The molecule has 0 fully saturated rings. The van der Waals surface area contributed by atoms with Gasteiger partial charge in [0.2, 0.25) is 5.91 Å². The van der Waals surface area contributed by atoms with Gasteiger partial charge in [-0.2, -0.15) is 0 Å².